The van der Waals surface area contributed by atoms with Crippen LogP contribution in [-0.2, 0) is 10.0 Å². The molecule has 0 aliphatic rings. The number of hydrogen-bond acceptors (Lipinski definition) is 4. The summed E-state index contributed by atoms with van der Waals surface area (Å²) in [6.07, 6.45) is 0.657. The molecule has 0 atom stereocenters. The Morgan fingerprint density at radius 1 is 0.971 bits per heavy atom. The summed E-state index contributed by atoms with van der Waals surface area (Å²) in [6.45, 7) is 4.20. The Morgan fingerprint density at radius 2 is 1.71 bits per heavy atom. The summed E-state index contributed by atoms with van der Waals surface area (Å²) >= 11 is 13.3. The van der Waals surface area contributed by atoms with Crippen molar-refractivity contribution in [3.8, 4) is 0 Å². The largest absolute Gasteiger partial charge is 0.321 e. The first-order valence-electron chi connectivity index (χ1n) is 10.6. The zero-order valence-electron chi connectivity index (χ0n) is 18.5. The Labute approximate surface area is 213 Å². The average Bonchev–Trinajstić information content (AvgIpc) is 3.24. The number of halogens is 2. The number of aryl methyl sites for hydroxylation is 1. The Kier molecular flexibility index (Phi) is 7.19. The molecule has 0 aliphatic carbocycles. The van der Waals surface area contributed by atoms with Crippen molar-refractivity contribution in [3.05, 3.63) is 87.2 Å². The van der Waals surface area contributed by atoms with Gasteiger partial charge in [0.15, 0.2) is 0 Å². The molecule has 0 unspecified atom stereocenters. The van der Waals surface area contributed by atoms with Gasteiger partial charge in [0.25, 0.3) is 15.9 Å². The third kappa shape index (κ3) is 5.08. The van der Waals surface area contributed by atoms with Gasteiger partial charge in [-0.1, -0.05) is 47.8 Å². The van der Waals surface area contributed by atoms with Crippen LogP contribution >= 0.6 is 34.5 Å². The minimum Gasteiger partial charge on any atom is -0.321 e. The third-order valence-corrected chi connectivity index (χ3v) is 8.92. The van der Waals surface area contributed by atoms with Crippen LogP contribution in [0.15, 0.2) is 71.6 Å². The molecule has 9 heteroatoms. The lowest BCUT2D eigenvalue weighted by molar-refractivity contribution is 0.103. The summed E-state index contributed by atoms with van der Waals surface area (Å²) in [6, 6.07) is 18.9. The molecule has 3 aromatic carbocycles. The van der Waals surface area contributed by atoms with Crippen molar-refractivity contribution in [2.75, 3.05) is 16.2 Å². The second kappa shape index (κ2) is 9.96. The van der Waals surface area contributed by atoms with Crippen molar-refractivity contribution < 1.29 is 13.2 Å². The zero-order valence-corrected chi connectivity index (χ0v) is 21.7. The summed E-state index contributed by atoms with van der Waals surface area (Å²) in [5.41, 5.74) is 2.09. The van der Waals surface area contributed by atoms with E-state index in [4.69, 9.17) is 23.2 Å². The van der Waals surface area contributed by atoms with E-state index in [-0.39, 0.29) is 10.8 Å². The van der Waals surface area contributed by atoms with Gasteiger partial charge in [0.05, 0.1) is 25.5 Å². The standard InChI is InChI=1S/C25H22Cl2N2O3S2/c1-3-12-29(34(31,32)20-8-4-16(2)5-9-20)19-7-11-23-17(13-19)14-24(33-23)25(30)28-18-6-10-21(26)22(27)15-18/h4-11,13-15H,3,12H2,1-2H3,(H,28,30). The van der Waals surface area contributed by atoms with Crippen LogP contribution in [0.4, 0.5) is 11.4 Å². The quantitative estimate of drug-likeness (QED) is 0.270. The number of rotatable bonds is 7. The molecule has 0 spiro atoms. The van der Waals surface area contributed by atoms with Gasteiger partial charge in [-0.05, 0) is 73.3 Å². The van der Waals surface area contributed by atoms with Crippen LogP contribution < -0.4 is 9.62 Å². The molecule has 0 saturated carbocycles. The fourth-order valence-corrected chi connectivity index (χ4v) is 6.28. The van der Waals surface area contributed by atoms with Gasteiger partial charge in [-0.15, -0.1) is 11.3 Å². The maximum atomic E-state index is 13.4. The molecule has 4 rings (SSSR count). The highest BCUT2D eigenvalue weighted by atomic mass is 35.5. The summed E-state index contributed by atoms with van der Waals surface area (Å²) in [7, 11) is -3.73. The molecular weight excluding hydrogens is 511 g/mol. The van der Waals surface area contributed by atoms with Crippen LogP contribution in [0.5, 0.6) is 0 Å². The molecule has 1 amide bonds. The van der Waals surface area contributed by atoms with Gasteiger partial charge in [-0.3, -0.25) is 9.10 Å². The van der Waals surface area contributed by atoms with E-state index >= 15 is 0 Å². The molecule has 5 nitrogen and oxygen atoms in total. The van der Waals surface area contributed by atoms with Crippen LogP contribution in [0.2, 0.25) is 10.0 Å². The molecule has 1 N–H and O–H groups in total. The molecule has 0 radical (unpaired) electrons. The minimum atomic E-state index is -3.73. The van der Waals surface area contributed by atoms with Crippen LogP contribution in [-0.4, -0.2) is 20.9 Å². The molecule has 0 saturated heterocycles. The maximum Gasteiger partial charge on any atom is 0.265 e. The number of anilines is 2. The number of benzene rings is 3. The van der Waals surface area contributed by atoms with Gasteiger partial charge in [-0.2, -0.15) is 0 Å². The van der Waals surface area contributed by atoms with E-state index in [0.717, 1.165) is 15.6 Å². The molecule has 34 heavy (non-hydrogen) atoms. The van der Waals surface area contributed by atoms with Gasteiger partial charge in [-0.25, -0.2) is 8.42 Å². The predicted octanol–water partition coefficient (Wildman–Crippen LogP) is 7.37. The zero-order chi connectivity index (χ0) is 24.5. The minimum absolute atomic E-state index is 0.249. The molecule has 1 heterocycles. The fraction of sp³-hybridized carbons (Fsp3) is 0.160. The Morgan fingerprint density at radius 3 is 2.38 bits per heavy atom. The monoisotopic (exact) mass is 532 g/mol. The van der Waals surface area contributed by atoms with Gasteiger partial charge in [0.2, 0.25) is 0 Å². The van der Waals surface area contributed by atoms with Crippen molar-refractivity contribution in [3.63, 3.8) is 0 Å². The van der Waals surface area contributed by atoms with Gasteiger partial charge >= 0.3 is 0 Å². The van der Waals surface area contributed by atoms with Crippen molar-refractivity contribution >= 4 is 71.9 Å². The number of carbonyl (C=O) groups excluding carboxylic acids is 1. The maximum absolute atomic E-state index is 13.4. The third-order valence-electron chi connectivity index (χ3n) is 5.22. The number of fused-ring (bicyclic) bond motifs is 1. The van der Waals surface area contributed by atoms with Crippen LogP contribution in [0.1, 0.15) is 28.6 Å². The Balaban J connectivity index is 1.65. The predicted molar refractivity (Wildman–Crippen MR) is 142 cm³/mol. The Bertz CT molecular complexity index is 1470. The normalized spacial score (nSPS) is 11.5. The molecule has 176 valence electrons. The van der Waals surface area contributed by atoms with Crippen molar-refractivity contribution in [2.45, 2.75) is 25.2 Å². The number of amides is 1. The lowest BCUT2D eigenvalue weighted by Crippen LogP contribution is -2.31. The number of nitrogens with zero attached hydrogens (tertiary/aromatic N) is 1. The summed E-state index contributed by atoms with van der Waals surface area (Å²) in [5, 5.41) is 4.37. The lowest BCUT2D eigenvalue weighted by atomic mass is 10.2. The first-order chi connectivity index (χ1) is 16.2. The van der Waals surface area contributed by atoms with Crippen molar-refractivity contribution in [2.24, 2.45) is 0 Å². The van der Waals surface area contributed by atoms with E-state index in [2.05, 4.69) is 5.32 Å². The SMILES string of the molecule is CCCN(c1ccc2sc(C(=O)Nc3ccc(Cl)c(Cl)c3)cc2c1)S(=O)(=O)c1ccc(C)cc1. The molecule has 4 aromatic rings. The van der Waals surface area contributed by atoms with Crippen LogP contribution in [0.3, 0.4) is 0 Å². The first-order valence-corrected chi connectivity index (χ1v) is 13.6. The number of sulfonamides is 1. The van der Waals surface area contributed by atoms with Gasteiger partial charge in [0.1, 0.15) is 0 Å². The van der Waals surface area contributed by atoms with Crippen LogP contribution in [0.25, 0.3) is 10.1 Å². The second-order valence-electron chi connectivity index (χ2n) is 7.81. The molecule has 1 aromatic heterocycles. The van der Waals surface area contributed by atoms with E-state index in [1.807, 2.05) is 26.0 Å². The number of hydrogen-bond donors (Lipinski definition) is 1. The molecule has 0 bridgehead atoms. The van der Waals surface area contributed by atoms with E-state index in [1.54, 1.807) is 54.6 Å². The average molecular weight is 534 g/mol. The highest BCUT2D eigenvalue weighted by Crippen LogP contribution is 2.33. The Hall–Kier alpha value is -2.58. The van der Waals surface area contributed by atoms with Crippen LogP contribution in [0, 0.1) is 6.92 Å². The molecule has 0 aliphatic heterocycles. The van der Waals surface area contributed by atoms with Gasteiger partial charge in [0, 0.05) is 16.9 Å². The number of carbonyl (C=O) groups is 1. The van der Waals surface area contributed by atoms with Crippen molar-refractivity contribution in [1.29, 1.82) is 0 Å². The molecule has 0 fully saturated rings. The first kappa shape index (κ1) is 24.5. The van der Waals surface area contributed by atoms with Gasteiger partial charge < -0.3 is 5.32 Å². The topological polar surface area (TPSA) is 66.5 Å². The van der Waals surface area contributed by atoms with Crippen molar-refractivity contribution in [1.82, 2.24) is 0 Å². The highest BCUT2D eigenvalue weighted by molar-refractivity contribution is 7.92. The number of nitrogens with one attached hydrogen (secondary N) is 1. The summed E-state index contributed by atoms with van der Waals surface area (Å²) in [5.74, 6) is -0.279. The molecular formula is C25H22Cl2N2O3S2. The fourth-order valence-electron chi connectivity index (χ4n) is 3.49. The van der Waals surface area contributed by atoms with E-state index in [1.165, 1.54) is 15.6 Å². The van der Waals surface area contributed by atoms with E-state index in [0.29, 0.717) is 39.3 Å². The number of thiophene rings is 1. The summed E-state index contributed by atoms with van der Waals surface area (Å²) < 4.78 is 29.1. The summed E-state index contributed by atoms with van der Waals surface area (Å²) in [4.78, 5) is 13.5. The van der Waals surface area contributed by atoms with E-state index < -0.39 is 10.0 Å². The smallest absolute Gasteiger partial charge is 0.265 e. The van der Waals surface area contributed by atoms with E-state index in [9.17, 15) is 13.2 Å². The highest BCUT2D eigenvalue weighted by Gasteiger charge is 2.25. The second-order valence-corrected chi connectivity index (χ2v) is 11.6. The lowest BCUT2D eigenvalue weighted by Gasteiger charge is -2.24.